The lowest BCUT2D eigenvalue weighted by Gasteiger charge is -2.14. The smallest absolute Gasteiger partial charge is 0.0660 e. The van der Waals surface area contributed by atoms with Crippen molar-refractivity contribution in [2.45, 2.75) is 6.42 Å². The molecule has 23 heavy (non-hydrogen) atoms. The number of hydrogen-bond acceptors (Lipinski definition) is 5. The number of nitrogens with zero attached hydrogens (tertiary/aromatic N) is 2. The first-order valence-corrected chi connectivity index (χ1v) is 7.46. The highest BCUT2D eigenvalue weighted by atomic mass is 15.0. The molecule has 0 atom stereocenters. The minimum absolute atomic E-state index is 0.829. The molecule has 116 valence electrons. The van der Waals surface area contributed by atoms with E-state index in [0.29, 0.717) is 0 Å². The van der Waals surface area contributed by atoms with Crippen LogP contribution in [-0.4, -0.2) is 17.7 Å². The van der Waals surface area contributed by atoms with Crippen LogP contribution in [0.1, 0.15) is 12.0 Å². The van der Waals surface area contributed by atoms with Crippen LogP contribution < -0.4 is 16.4 Å². The van der Waals surface area contributed by atoms with Crippen molar-refractivity contribution in [3.63, 3.8) is 0 Å². The summed E-state index contributed by atoms with van der Waals surface area (Å²) in [5.74, 6) is 0. The molecule has 0 radical (unpaired) electrons. The second kappa shape index (κ2) is 6.79. The third kappa shape index (κ3) is 3.40. The number of rotatable bonds is 3. The lowest BCUT2D eigenvalue weighted by Crippen LogP contribution is -2.03. The van der Waals surface area contributed by atoms with Crippen molar-refractivity contribution < 1.29 is 0 Å². The quantitative estimate of drug-likeness (QED) is 0.758. The molecule has 1 aliphatic rings. The summed E-state index contributed by atoms with van der Waals surface area (Å²) in [6.45, 7) is 4.85. The molecular formula is C18H19N5. The van der Waals surface area contributed by atoms with Crippen LogP contribution in [0.4, 0.5) is 17.1 Å². The number of aromatic nitrogens is 1. The van der Waals surface area contributed by atoms with E-state index in [1.807, 2.05) is 30.3 Å². The van der Waals surface area contributed by atoms with Crippen LogP contribution in [0.2, 0.25) is 0 Å². The van der Waals surface area contributed by atoms with Crippen molar-refractivity contribution in [1.82, 2.24) is 4.98 Å². The van der Waals surface area contributed by atoms with E-state index in [0.717, 1.165) is 46.9 Å². The van der Waals surface area contributed by atoms with Crippen molar-refractivity contribution >= 4 is 28.8 Å². The predicted octanol–water partition coefficient (Wildman–Crippen LogP) is 3.52. The first-order valence-electron chi connectivity index (χ1n) is 7.46. The Labute approximate surface area is 135 Å². The average molecular weight is 305 g/mol. The van der Waals surface area contributed by atoms with Crippen LogP contribution in [0, 0.1) is 0 Å². The Bertz CT molecular complexity index is 762. The van der Waals surface area contributed by atoms with E-state index in [1.165, 1.54) is 0 Å². The maximum atomic E-state index is 5.84. The number of allylic oxidation sites excluding steroid dienone is 1. The zero-order valence-corrected chi connectivity index (χ0v) is 12.8. The molecule has 5 nitrogen and oxygen atoms in total. The zero-order valence-electron chi connectivity index (χ0n) is 12.8. The van der Waals surface area contributed by atoms with Gasteiger partial charge in [0.2, 0.25) is 0 Å². The third-order valence-electron chi connectivity index (χ3n) is 3.61. The van der Waals surface area contributed by atoms with E-state index in [4.69, 9.17) is 5.73 Å². The maximum Gasteiger partial charge on any atom is 0.0660 e. The molecule has 5 heteroatoms. The highest BCUT2D eigenvalue weighted by molar-refractivity contribution is 6.13. The molecule has 0 spiro atoms. The molecule has 1 aromatic carbocycles. The maximum absolute atomic E-state index is 5.84. The number of benzene rings is 1. The molecule has 0 amide bonds. The predicted molar refractivity (Wildman–Crippen MR) is 96.9 cm³/mol. The van der Waals surface area contributed by atoms with Gasteiger partial charge in [0.25, 0.3) is 0 Å². The molecule has 0 bridgehead atoms. The molecule has 0 fully saturated rings. The summed E-state index contributed by atoms with van der Waals surface area (Å²) in [5.41, 5.74) is 11.5. The van der Waals surface area contributed by atoms with Gasteiger partial charge in [-0.3, -0.25) is 9.98 Å². The Hall–Kier alpha value is -3.08. The molecule has 0 unspecified atom stereocenters. The number of hydrogen-bond donors (Lipinski definition) is 3. The van der Waals surface area contributed by atoms with Crippen LogP contribution in [0.15, 0.2) is 66.2 Å². The van der Waals surface area contributed by atoms with E-state index in [9.17, 15) is 0 Å². The first-order chi connectivity index (χ1) is 11.3. The topological polar surface area (TPSA) is 75.3 Å². The molecule has 4 N–H and O–H groups in total. The molecule has 3 rings (SSSR count). The largest absolute Gasteiger partial charge is 0.404 e. The van der Waals surface area contributed by atoms with Gasteiger partial charge in [-0.25, -0.2) is 0 Å². The number of para-hydroxylation sites is 1. The summed E-state index contributed by atoms with van der Waals surface area (Å²) in [6, 6.07) is 9.74. The van der Waals surface area contributed by atoms with Crippen molar-refractivity contribution in [1.29, 1.82) is 0 Å². The van der Waals surface area contributed by atoms with Gasteiger partial charge in [-0.1, -0.05) is 18.7 Å². The second-order valence-corrected chi connectivity index (χ2v) is 5.22. The molecule has 0 saturated heterocycles. The fourth-order valence-electron chi connectivity index (χ4n) is 2.46. The molecule has 0 aliphatic carbocycles. The van der Waals surface area contributed by atoms with E-state index < -0.39 is 0 Å². The molecule has 1 aromatic heterocycles. The number of aliphatic imine (C=N–C) groups is 1. The second-order valence-electron chi connectivity index (χ2n) is 5.22. The van der Waals surface area contributed by atoms with Crippen LogP contribution >= 0.6 is 0 Å². The van der Waals surface area contributed by atoms with Crippen molar-refractivity contribution in [2.24, 2.45) is 10.7 Å². The summed E-state index contributed by atoms with van der Waals surface area (Å²) < 4.78 is 0. The highest BCUT2D eigenvalue weighted by Gasteiger charge is 2.14. The van der Waals surface area contributed by atoms with Gasteiger partial charge >= 0.3 is 0 Å². The highest BCUT2D eigenvalue weighted by Crippen LogP contribution is 2.33. The monoisotopic (exact) mass is 305 g/mol. The Morgan fingerprint density at radius 2 is 2.09 bits per heavy atom. The van der Waals surface area contributed by atoms with Gasteiger partial charge in [0.1, 0.15) is 0 Å². The normalized spacial score (nSPS) is 14.8. The van der Waals surface area contributed by atoms with Gasteiger partial charge in [0.05, 0.1) is 17.1 Å². The van der Waals surface area contributed by atoms with Crippen LogP contribution in [0.3, 0.4) is 0 Å². The first kappa shape index (κ1) is 14.8. The standard InChI is InChI=1S/C18H19N5/c1-13-5-10-21-18-16(3-2-4-17(18)23-13)14(11-19)12-22-15-6-8-20-9-7-15/h2-4,6-9,11-12,21,23H,1,5,10,19H2. The SMILES string of the molecule is C=C1CCNc2c(cccc2C(C=Nc2ccncc2)=CN)N1. The number of anilines is 2. The Morgan fingerprint density at radius 1 is 1.26 bits per heavy atom. The van der Waals surface area contributed by atoms with Gasteiger partial charge in [0.15, 0.2) is 0 Å². The van der Waals surface area contributed by atoms with E-state index in [2.05, 4.69) is 27.2 Å². The van der Waals surface area contributed by atoms with Gasteiger partial charge in [-0.05, 0) is 18.2 Å². The van der Waals surface area contributed by atoms with Crippen molar-refractivity contribution in [2.75, 3.05) is 17.2 Å². The molecule has 0 saturated carbocycles. The molecule has 2 aromatic rings. The number of nitrogens with one attached hydrogen (secondary N) is 2. The average Bonchev–Trinajstić information content (AvgIpc) is 2.77. The zero-order chi connectivity index (χ0) is 16.1. The number of fused-ring (bicyclic) bond motifs is 1. The summed E-state index contributed by atoms with van der Waals surface area (Å²) in [5, 5.41) is 6.78. The Kier molecular flexibility index (Phi) is 4.38. The third-order valence-corrected chi connectivity index (χ3v) is 3.61. The minimum Gasteiger partial charge on any atom is -0.404 e. The lowest BCUT2D eigenvalue weighted by molar-refractivity contribution is 1.03. The summed E-state index contributed by atoms with van der Waals surface area (Å²) in [4.78, 5) is 8.45. The molecule has 1 aliphatic heterocycles. The van der Waals surface area contributed by atoms with Gasteiger partial charge in [-0.2, -0.15) is 0 Å². The van der Waals surface area contributed by atoms with Crippen molar-refractivity contribution in [3.8, 4) is 0 Å². The van der Waals surface area contributed by atoms with Gasteiger partial charge < -0.3 is 16.4 Å². The Balaban J connectivity index is 1.95. The fourth-order valence-corrected chi connectivity index (χ4v) is 2.46. The number of nitrogens with two attached hydrogens (primary N) is 1. The van der Waals surface area contributed by atoms with E-state index in [-0.39, 0.29) is 0 Å². The van der Waals surface area contributed by atoms with Gasteiger partial charge in [0, 0.05) is 54.6 Å². The van der Waals surface area contributed by atoms with Crippen LogP contribution in [-0.2, 0) is 0 Å². The van der Waals surface area contributed by atoms with Crippen LogP contribution in [0.5, 0.6) is 0 Å². The summed E-state index contributed by atoms with van der Waals surface area (Å²) >= 11 is 0. The van der Waals surface area contributed by atoms with Crippen LogP contribution in [0.25, 0.3) is 5.57 Å². The Morgan fingerprint density at radius 3 is 2.87 bits per heavy atom. The fraction of sp³-hybridized carbons (Fsp3) is 0.111. The minimum atomic E-state index is 0.829. The van der Waals surface area contributed by atoms with E-state index >= 15 is 0 Å². The summed E-state index contributed by atoms with van der Waals surface area (Å²) in [7, 11) is 0. The van der Waals surface area contributed by atoms with E-state index in [1.54, 1.807) is 24.8 Å². The van der Waals surface area contributed by atoms with Gasteiger partial charge in [-0.15, -0.1) is 0 Å². The lowest BCUT2D eigenvalue weighted by atomic mass is 10.0. The summed E-state index contributed by atoms with van der Waals surface area (Å²) in [6.07, 6.45) is 7.64. The number of pyridine rings is 1. The van der Waals surface area contributed by atoms with Crippen molar-refractivity contribution in [3.05, 3.63) is 66.8 Å². The molecular weight excluding hydrogens is 286 g/mol. The molecule has 2 heterocycles.